The smallest absolute Gasteiger partial charge is 0.492 e. The Morgan fingerprint density at radius 3 is 2.39 bits per heavy atom. The average Bonchev–Trinajstić information content (AvgIpc) is 2.55. The molecule has 1 aliphatic rings. The predicted molar refractivity (Wildman–Crippen MR) is 76.6 cm³/mol. The summed E-state index contributed by atoms with van der Waals surface area (Å²) in [5.74, 6) is -1.54. The zero-order valence-corrected chi connectivity index (χ0v) is 12.7. The van der Waals surface area contributed by atoms with Crippen molar-refractivity contribution in [2.45, 2.75) is 31.6 Å². The topological polar surface area (TPSA) is 50.8 Å². The van der Waals surface area contributed by atoms with Crippen LogP contribution in [-0.4, -0.2) is 43.4 Å². The summed E-state index contributed by atoms with van der Waals surface area (Å²) in [6.07, 6.45) is -3.78. The summed E-state index contributed by atoms with van der Waals surface area (Å²) >= 11 is 0. The SMILES string of the molecule is COc1ccc(CN(OC(=O)C(F)(F)F)C2CCNCC2)cc1. The van der Waals surface area contributed by atoms with Gasteiger partial charge in [0.2, 0.25) is 0 Å². The molecule has 2 rings (SSSR count). The van der Waals surface area contributed by atoms with E-state index in [9.17, 15) is 18.0 Å². The van der Waals surface area contributed by atoms with Crippen molar-refractivity contribution in [1.29, 1.82) is 0 Å². The lowest BCUT2D eigenvalue weighted by Gasteiger charge is -2.33. The molecule has 0 atom stereocenters. The second kappa shape index (κ2) is 7.65. The van der Waals surface area contributed by atoms with Crippen LogP contribution in [0.3, 0.4) is 0 Å². The van der Waals surface area contributed by atoms with Crippen molar-refractivity contribution in [2.24, 2.45) is 0 Å². The fourth-order valence-corrected chi connectivity index (χ4v) is 2.40. The number of benzene rings is 1. The van der Waals surface area contributed by atoms with Crippen LogP contribution in [0.25, 0.3) is 0 Å². The number of carbonyl (C=O) groups excluding carboxylic acids is 1. The summed E-state index contributed by atoms with van der Waals surface area (Å²) < 4.78 is 42.5. The van der Waals surface area contributed by atoms with E-state index >= 15 is 0 Å². The van der Waals surface area contributed by atoms with Crippen LogP contribution < -0.4 is 10.1 Å². The van der Waals surface area contributed by atoms with E-state index in [-0.39, 0.29) is 12.6 Å². The quantitative estimate of drug-likeness (QED) is 0.839. The number of rotatable bonds is 5. The van der Waals surface area contributed by atoms with Crippen LogP contribution in [0.1, 0.15) is 18.4 Å². The molecule has 8 heteroatoms. The van der Waals surface area contributed by atoms with Gasteiger partial charge in [-0.1, -0.05) is 12.1 Å². The monoisotopic (exact) mass is 332 g/mol. The molecule has 0 aromatic heterocycles. The Kier molecular flexibility index (Phi) is 5.84. The van der Waals surface area contributed by atoms with Gasteiger partial charge in [-0.15, -0.1) is 5.06 Å². The predicted octanol–water partition coefficient (Wildman–Crippen LogP) is 2.27. The third-order valence-corrected chi connectivity index (χ3v) is 3.65. The first-order valence-corrected chi connectivity index (χ1v) is 7.29. The third kappa shape index (κ3) is 5.11. The summed E-state index contributed by atoms with van der Waals surface area (Å²) in [5, 5.41) is 4.26. The molecule has 1 saturated heterocycles. The number of hydrogen-bond acceptors (Lipinski definition) is 5. The largest absolute Gasteiger partial charge is 0.497 e. The summed E-state index contributed by atoms with van der Waals surface area (Å²) in [5.41, 5.74) is 0.735. The Morgan fingerprint density at radius 1 is 1.26 bits per heavy atom. The first-order valence-electron chi connectivity index (χ1n) is 7.29. The number of nitrogens with zero attached hydrogens (tertiary/aromatic N) is 1. The molecule has 0 spiro atoms. The van der Waals surface area contributed by atoms with Gasteiger partial charge < -0.3 is 14.9 Å². The lowest BCUT2D eigenvalue weighted by Crippen LogP contribution is -2.45. The fourth-order valence-electron chi connectivity index (χ4n) is 2.40. The minimum Gasteiger partial charge on any atom is -0.497 e. The number of carbonyl (C=O) groups is 1. The zero-order valence-electron chi connectivity index (χ0n) is 12.7. The number of halogens is 3. The summed E-state index contributed by atoms with van der Waals surface area (Å²) in [6.45, 7) is 1.44. The molecule has 1 fully saturated rings. The van der Waals surface area contributed by atoms with Gasteiger partial charge in [0.1, 0.15) is 5.75 Å². The van der Waals surface area contributed by atoms with Crippen molar-refractivity contribution >= 4 is 5.97 Å². The number of alkyl halides is 3. The van der Waals surface area contributed by atoms with Gasteiger partial charge in [0.25, 0.3) is 0 Å². The number of hydroxylamine groups is 2. The highest BCUT2D eigenvalue weighted by molar-refractivity contribution is 5.75. The molecule has 128 valence electrons. The van der Waals surface area contributed by atoms with Crippen LogP contribution in [0.15, 0.2) is 24.3 Å². The lowest BCUT2D eigenvalue weighted by atomic mass is 10.1. The van der Waals surface area contributed by atoms with E-state index in [0.717, 1.165) is 10.6 Å². The number of piperidine rings is 1. The highest BCUT2D eigenvalue weighted by Crippen LogP contribution is 2.22. The van der Waals surface area contributed by atoms with Crippen LogP contribution in [0, 0.1) is 0 Å². The van der Waals surface area contributed by atoms with Crippen molar-refractivity contribution < 1.29 is 27.5 Å². The van der Waals surface area contributed by atoms with Crippen LogP contribution in [0.4, 0.5) is 13.2 Å². The van der Waals surface area contributed by atoms with E-state index < -0.39 is 12.1 Å². The van der Waals surface area contributed by atoms with E-state index in [4.69, 9.17) is 4.74 Å². The van der Waals surface area contributed by atoms with Gasteiger partial charge in [-0.05, 0) is 43.6 Å². The van der Waals surface area contributed by atoms with Gasteiger partial charge in [0, 0.05) is 6.04 Å². The zero-order chi connectivity index (χ0) is 16.9. The van der Waals surface area contributed by atoms with E-state index in [1.807, 2.05) is 0 Å². The normalized spacial score (nSPS) is 16.4. The Balaban J connectivity index is 2.09. The maximum atomic E-state index is 12.5. The van der Waals surface area contributed by atoms with Gasteiger partial charge in [0.05, 0.1) is 13.7 Å². The first-order chi connectivity index (χ1) is 10.9. The Hall–Kier alpha value is -1.80. The molecule has 0 radical (unpaired) electrons. The van der Waals surface area contributed by atoms with Gasteiger partial charge in [-0.3, -0.25) is 0 Å². The molecule has 0 aliphatic carbocycles. The summed E-state index contributed by atoms with van der Waals surface area (Å²) in [4.78, 5) is 15.8. The van der Waals surface area contributed by atoms with Gasteiger partial charge >= 0.3 is 12.1 Å². The lowest BCUT2D eigenvalue weighted by molar-refractivity contribution is -0.250. The summed E-state index contributed by atoms with van der Waals surface area (Å²) in [7, 11) is 1.53. The molecule has 1 aliphatic heterocycles. The Morgan fingerprint density at radius 2 is 1.87 bits per heavy atom. The number of nitrogens with one attached hydrogen (secondary N) is 1. The van der Waals surface area contributed by atoms with Crippen molar-refractivity contribution in [3.05, 3.63) is 29.8 Å². The van der Waals surface area contributed by atoms with E-state index in [1.165, 1.54) is 7.11 Å². The van der Waals surface area contributed by atoms with Crippen molar-refractivity contribution in [2.75, 3.05) is 20.2 Å². The average molecular weight is 332 g/mol. The van der Waals surface area contributed by atoms with Crippen LogP contribution in [0.2, 0.25) is 0 Å². The second-order valence-electron chi connectivity index (χ2n) is 5.28. The maximum absolute atomic E-state index is 12.5. The number of methoxy groups -OCH3 is 1. The van der Waals surface area contributed by atoms with Gasteiger partial charge in [-0.25, -0.2) is 4.79 Å². The summed E-state index contributed by atoms with van der Waals surface area (Å²) in [6, 6.07) is 6.63. The molecule has 23 heavy (non-hydrogen) atoms. The second-order valence-corrected chi connectivity index (χ2v) is 5.28. The van der Waals surface area contributed by atoms with E-state index in [2.05, 4.69) is 10.2 Å². The molecule has 0 unspecified atom stereocenters. The highest BCUT2D eigenvalue weighted by atomic mass is 19.4. The molecular formula is C15H19F3N2O3. The number of hydrogen-bond donors (Lipinski definition) is 1. The Bertz CT molecular complexity index is 514. The van der Waals surface area contributed by atoms with Crippen molar-refractivity contribution in [1.82, 2.24) is 10.4 Å². The molecule has 1 heterocycles. The van der Waals surface area contributed by atoms with Gasteiger partial charge in [-0.2, -0.15) is 13.2 Å². The number of ether oxygens (including phenoxy) is 1. The minimum atomic E-state index is -5.01. The van der Waals surface area contributed by atoms with E-state index in [1.54, 1.807) is 24.3 Å². The molecule has 5 nitrogen and oxygen atoms in total. The third-order valence-electron chi connectivity index (χ3n) is 3.65. The molecule has 0 amide bonds. The highest BCUT2D eigenvalue weighted by Gasteiger charge is 2.43. The molecule has 1 N–H and O–H groups in total. The van der Waals surface area contributed by atoms with Gasteiger partial charge in [0.15, 0.2) is 0 Å². The molecule has 1 aromatic carbocycles. The standard InChI is InChI=1S/C15H19F3N2O3/c1-22-13-4-2-11(3-5-13)10-20(12-6-8-19-9-7-12)23-14(21)15(16,17)18/h2-5,12,19H,6-10H2,1H3. The molecular weight excluding hydrogens is 313 g/mol. The van der Waals surface area contributed by atoms with Crippen molar-refractivity contribution in [3.63, 3.8) is 0 Å². The van der Waals surface area contributed by atoms with Crippen molar-refractivity contribution in [3.8, 4) is 5.75 Å². The van der Waals surface area contributed by atoms with Crippen LogP contribution in [-0.2, 0) is 16.2 Å². The maximum Gasteiger partial charge on any atom is 0.492 e. The van der Waals surface area contributed by atoms with E-state index in [0.29, 0.717) is 31.7 Å². The molecule has 0 saturated carbocycles. The molecule has 0 bridgehead atoms. The molecule has 1 aromatic rings. The van der Waals surface area contributed by atoms with Crippen LogP contribution >= 0.6 is 0 Å². The minimum absolute atomic E-state index is 0.0937. The first kappa shape index (κ1) is 17.6. The fraction of sp³-hybridized carbons (Fsp3) is 0.533. The Labute approximate surface area is 132 Å². The van der Waals surface area contributed by atoms with Crippen LogP contribution in [0.5, 0.6) is 5.75 Å².